The van der Waals surface area contributed by atoms with E-state index in [1.165, 1.54) is 25.7 Å². The van der Waals surface area contributed by atoms with E-state index in [1.54, 1.807) is 0 Å². The van der Waals surface area contributed by atoms with E-state index >= 15 is 0 Å². The molecule has 6 nitrogen and oxygen atoms in total. The van der Waals surface area contributed by atoms with Crippen molar-refractivity contribution in [2.45, 2.75) is 51.0 Å². The second kappa shape index (κ2) is 11.0. The highest BCUT2D eigenvalue weighted by molar-refractivity contribution is 14.0. The number of guanidine groups is 1. The molecule has 2 aliphatic rings. The number of hydrogen-bond donors (Lipinski definition) is 3. The molecule has 0 bridgehead atoms. The van der Waals surface area contributed by atoms with Gasteiger partial charge in [-0.2, -0.15) is 0 Å². The van der Waals surface area contributed by atoms with E-state index in [2.05, 4.69) is 41.5 Å². The van der Waals surface area contributed by atoms with Crippen LogP contribution in [-0.4, -0.2) is 75.6 Å². The van der Waals surface area contributed by atoms with Crippen LogP contribution in [0.4, 0.5) is 0 Å². The fourth-order valence-electron chi connectivity index (χ4n) is 4.41. The van der Waals surface area contributed by atoms with Crippen molar-refractivity contribution in [2.75, 3.05) is 54.1 Å². The summed E-state index contributed by atoms with van der Waals surface area (Å²) >= 11 is 0. The van der Waals surface area contributed by atoms with Crippen LogP contribution in [0, 0.1) is 11.3 Å². The number of nitrogens with zero attached hydrogens (tertiary/aromatic N) is 2. The Labute approximate surface area is 176 Å². The van der Waals surface area contributed by atoms with Gasteiger partial charge in [0.1, 0.15) is 0 Å². The highest BCUT2D eigenvalue weighted by Gasteiger charge is 2.37. The molecule has 0 aromatic rings. The Hall–Kier alpha value is -0.120. The number of aliphatic hydroxyl groups is 1. The molecular formula is C19H39IN4O2. The summed E-state index contributed by atoms with van der Waals surface area (Å²) < 4.78 is 5.58. The van der Waals surface area contributed by atoms with E-state index < -0.39 is 0 Å². The summed E-state index contributed by atoms with van der Waals surface area (Å²) in [6.07, 6.45) is 6.87. The Morgan fingerprint density at radius 3 is 2.54 bits per heavy atom. The van der Waals surface area contributed by atoms with Crippen LogP contribution in [0.1, 0.15) is 45.4 Å². The van der Waals surface area contributed by atoms with Crippen LogP contribution in [0.25, 0.3) is 0 Å². The average molecular weight is 482 g/mol. The van der Waals surface area contributed by atoms with Crippen LogP contribution >= 0.6 is 24.0 Å². The molecule has 1 heterocycles. The maximum Gasteiger partial charge on any atom is 0.191 e. The standard InChI is InChI=1S/C19H38N4O2.HI/c1-16-6-5-7-19(12-16,23(3)4)14-22-17(20-2)21-13-18(8-10-24)9-11-25-15-18;/h16,24H,5-15H2,1-4H3,(H2,20,21,22);1H. The van der Waals surface area contributed by atoms with Gasteiger partial charge in [-0.25, -0.2) is 0 Å². The lowest BCUT2D eigenvalue weighted by molar-refractivity contribution is 0.0794. The molecule has 1 saturated heterocycles. The predicted molar refractivity (Wildman–Crippen MR) is 118 cm³/mol. The van der Waals surface area contributed by atoms with Gasteiger partial charge in [-0.1, -0.05) is 19.8 Å². The summed E-state index contributed by atoms with van der Waals surface area (Å²) in [5.41, 5.74) is 0.236. The average Bonchev–Trinajstić information content (AvgIpc) is 3.04. The Balaban J connectivity index is 0.00000338. The number of ether oxygens (including phenoxy) is 1. The molecule has 1 saturated carbocycles. The molecule has 0 spiro atoms. The summed E-state index contributed by atoms with van der Waals surface area (Å²) in [6.45, 7) is 5.78. The van der Waals surface area contributed by atoms with Gasteiger partial charge in [0, 0.05) is 44.3 Å². The third kappa shape index (κ3) is 6.21. The topological polar surface area (TPSA) is 69.1 Å². The molecule has 1 aliphatic carbocycles. The number of likely N-dealkylation sites (N-methyl/N-ethyl adjacent to an activating group) is 1. The molecule has 2 fully saturated rings. The second-order valence-electron chi connectivity index (χ2n) is 8.38. The van der Waals surface area contributed by atoms with Crippen LogP contribution < -0.4 is 10.6 Å². The maximum atomic E-state index is 9.37. The lowest BCUT2D eigenvalue weighted by Gasteiger charge is -2.45. The summed E-state index contributed by atoms with van der Waals surface area (Å²) in [5, 5.41) is 16.4. The predicted octanol–water partition coefficient (Wildman–Crippen LogP) is 2.07. The minimum atomic E-state index is 0. The van der Waals surface area contributed by atoms with Gasteiger partial charge < -0.3 is 25.4 Å². The van der Waals surface area contributed by atoms with E-state index in [0.717, 1.165) is 51.0 Å². The Morgan fingerprint density at radius 1 is 1.27 bits per heavy atom. The maximum absolute atomic E-state index is 9.37. The fraction of sp³-hybridized carbons (Fsp3) is 0.947. The number of halogens is 1. The second-order valence-corrected chi connectivity index (χ2v) is 8.38. The monoisotopic (exact) mass is 482 g/mol. The first kappa shape index (κ1) is 23.9. The first-order valence-electron chi connectivity index (χ1n) is 9.76. The molecule has 0 aromatic heterocycles. The summed E-state index contributed by atoms with van der Waals surface area (Å²) in [7, 11) is 6.22. The van der Waals surface area contributed by atoms with Gasteiger partial charge in [-0.15, -0.1) is 24.0 Å². The zero-order chi connectivity index (χ0) is 18.3. The highest BCUT2D eigenvalue weighted by Crippen LogP contribution is 2.35. The number of aliphatic imine (C=N–C) groups is 1. The number of nitrogens with one attached hydrogen (secondary N) is 2. The van der Waals surface area contributed by atoms with Gasteiger partial charge in [-0.3, -0.25) is 4.99 Å². The van der Waals surface area contributed by atoms with Crippen molar-refractivity contribution in [3.8, 4) is 0 Å². The fourth-order valence-corrected chi connectivity index (χ4v) is 4.41. The van der Waals surface area contributed by atoms with Gasteiger partial charge in [0.05, 0.1) is 6.61 Å². The van der Waals surface area contributed by atoms with Crippen molar-refractivity contribution in [3.05, 3.63) is 0 Å². The highest BCUT2D eigenvalue weighted by atomic mass is 127. The van der Waals surface area contributed by atoms with E-state index in [0.29, 0.717) is 0 Å². The SMILES string of the molecule is CN=C(NCC1(CCO)CCOC1)NCC1(N(C)C)CCCC(C)C1.I. The molecule has 3 atom stereocenters. The van der Waals surface area contributed by atoms with Crippen molar-refractivity contribution in [1.29, 1.82) is 0 Å². The Kier molecular flexibility index (Phi) is 10.1. The minimum absolute atomic E-state index is 0. The van der Waals surface area contributed by atoms with Gasteiger partial charge in [0.25, 0.3) is 0 Å². The first-order valence-corrected chi connectivity index (χ1v) is 9.76. The molecule has 0 radical (unpaired) electrons. The summed E-state index contributed by atoms with van der Waals surface area (Å²) in [6, 6.07) is 0. The summed E-state index contributed by atoms with van der Waals surface area (Å²) in [4.78, 5) is 6.80. The molecule has 1 aliphatic heterocycles. The third-order valence-corrected chi connectivity index (χ3v) is 6.28. The van der Waals surface area contributed by atoms with E-state index in [-0.39, 0.29) is 41.5 Å². The van der Waals surface area contributed by atoms with Gasteiger partial charge in [0.15, 0.2) is 5.96 Å². The molecule has 0 aromatic carbocycles. The first-order chi connectivity index (χ1) is 12.0. The molecule has 0 amide bonds. The summed E-state index contributed by atoms with van der Waals surface area (Å²) in [5.74, 6) is 1.63. The quantitative estimate of drug-likeness (QED) is 0.295. The van der Waals surface area contributed by atoms with Crippen LogP contribution in [0.5, 0.6) is 0 Å². The van der Waals surface area contributed by atoms with Crippen molar-refractivity contribution >= 4 is 29.9 Å². The van der Waals surface area contributed by atoms with E-state index in [4.69, 9.17) is 4.74 Å². The molecule has 3 unspecified atom stereocenters. The molecule has 26 heavy (non-hydrogen) atoms. The van der Waals surface area contributed by atoms with Gasteiger partial charge >= 0.3 is 0 Å². The van der Waals surface area contributed by atoms with Crippen molar-refractivity contribution in [1.82, 2.24) is 15.5 Å². The number of rotatable bonds is 7. The third-order valence-electron chi connectivity index (χ3n) is 6.28. The smallest absolute Gasteiger partial charge is 0.191 e. The van der Waals surface area contributed by atoms with Gasteiger partial charge in [0.2, 0.25) is 0 Å². The van der Waals surface area contributed by atoms with Crippen LogP contribution in [0.3, 0.4) is 0 Å². The number of hydrogen-bond acceptors (Lipinski definition) is 4. The van der Waals surface area contributed by atoms with Crippen molar-refractivity contribution in [2.24, 2.45) is 16.3 Å². The lowest BCUT2D eigenvalue weighted by atomic mass is 9.75. The zero-order valence-corrected chi connectivity index (χ0v) is 19.3. The van der Waals surface area contributed by atoms with Crippen molar-refractivity contribution < 1.29 is 9.84 Å². The molecular weight excluding hydrogens is 443 g/mol. The van der Waals surface area contributed by atoms with Crippen LogP contribution in [0.15, 0.2) is 4.99 Å². The lowest BCUT2D eigenvalue weighted by Crippen LogP contribution is -2.57. The van der Waals surface area contributed by atoms with E-state index in [9.17, 15) is 5.11 Å². The van der Waals surface area contributed by atoms with Gasteiger partial charge in [-0.05, 0) is 45.7 Å². The Morgan fingerprint density at radius 2 is 2.00 bits per heavy atom. The Bertz CT molecular complexity index is 441. The van der Waals surface area contributed by atoms with Crippen LogP contribution in [-0.2, 0) is 4.74 Å². The largest absolute Gasteiger partial charge is 0.396 e. The van der Waals surface area contributed by atoms with Crippen molar-refractivity contribution in [3.63, 3.8) is 0 Å². The molecule has 154 valence electrons. The minimum Gasteiger partial charge on any atom is -0.396 e. The van der Waals surface area contributed by atoms with Crippen LogP contribution in [0.2, 0.25) is 0 Å². The van der Waals surface area contributed by atoms with E-state index in [1.807, 2.05) is 7.05 Å². The molecule has 3 N–H and O–H groups in total. The molecule has 2 rings (SSSR count). The number of aliphatic hydroxyl groups excluding tert-OH is 1. The molecule has 7 heteroatoms. The normalized spacial score (nSPS) is 32.4. The zero-order valence-electron chi connectivity index (χ0n) is 17.0.